The number of aromatic nitrogens is 6. The van der Waals surface area contributed by atoms with E-state index in [2.05, 4.69) is 45.6 Å². The summed E-state index contributed by atoms with van der Waals surface area (Å²) in [6.07, 6.45) is -2.42. The number of amides is 3. The molecule has 0 unspecified atom stereocenters. The molecule has 30 heteroatoms. The number of unbranched alkanes of at least 4 members (excludes halogenated alkanes) is 1. The lowest BCUT2D eigenvalue weighted by atomic mass is 10.2. The predicted octanol–water partition coefficient (Wildman–Crippen LogP) is 12.3. The Balaban J connectivity index is 0.000000222. The number of alkyl halides is 12. The molecular weight excluding hydrogens is 1000 g/mol. The molecule has 0 saturated heterocycles. The van der Waals surface area contributed by atoms with Crippen molar-refractivity contribution < 1.29 is 80.3 Å². The van der Waals surface area contributed by atoms with Crippen LogP contribution >= 0.6 is 35.3 Å². The van der Waals surface area contributed by atoms with Gasteiger partial charge in [-0.2, -0.15) is 52.7 Å². The van der Waals surface area contributed by atoms with Crippen LogP contribution in [0.3, 0.4) is 0 Å². The van der Waals surface area contributed by atoms with E-state index in [-0.39, 0.29) is 72.8 Å². The van der Waals surface area contributed by atoms with E-state index in [9.17, 15) is 67.1 Å². The summed E-state index contributed by atoms with van der Waals surface area (Å²) >= 11 is -0.998. The summed E-state index contributed by atoms with van der Waals surface area (Å²) in [5.41, 5.74) is -13.4. The van der Waals surface area contributed by atoms with Crippen LogP contribution in [0, 0.1) is 0 Å². The fourth-order valence-corrected chi connectivity index (χ4v) is 6.45. The lowest BCUT2D eigenvalue weighted by Gasteiger charge is -2.07. The van der Waals surface area contributed by atoms with E-state index in [0.717, 1.165) is 37.1 Å². The van der Waals surface area contributed by atoms with Crippen molar-refractivity contribution in [2.24, 2.45) is 0 Å². The van der Waals surface area contributed by atoms with Gasteiger partial charge in [0, 0.05) is 43.7 Å². The topological polar surface area (TPSA) is 204 Å². The number of halogens is 12. The largest absolute Gasteiger partial charge is 0.470 e. The van der Waals surface area contributed by atoms with Gasteiger partial charge in [-0.15, -0.1) is 15.3 Å². The number of rotatable bonds is 13. The van der Waals surface area contributed by atoms with Gasteiger partial charge >= 0.3 is 46.6 Å². The Labute approximate surface area is 387 Å². The second-order valence-electron chi connectivity index (χ2n) is 13.2. The van der Waals surface area contributed by atoms with Gasteiger partial charge in [-0.05, 0) is 96.3 Å². The summed E-state index contributed by atoms with van der Waals surface area (Å²) in [5.74, 6) is -3.12. The predicted molar refractivity (Wildman–Crippen MR) is 220 cm³/mol. The molecule has 0 fully saturated rings. The number of hydrogen-bond donors (Lipinski definition) is 3. The third-order valence-corrected chi connectivity index (χ3v) is 9.63. The van der Waals surface area contributed by atoms with Crippen LogP contribution < -0.4 is 16.0 Å². The van der Waals surface area contributed by atoms with Crippen LogP contribution in [-0.2, 0) is 12.6 Å². The van der Waals surface area contributed by atoms with E-state index in [1.54, 1.807) is 0 Å². The molecule has 68 heavy (non-hydrogen) atoms. The van der Waals surface area contributed by atoms with Gasteiger partial charge in [-0.25, -0.2) is 0 Å². The minimum Gasteiger partial charge on any atom is -0.408 e. The highest BCUT2D eigenvalue weighted by Crippen LogP contribution is 2.39. The Morgan fingerprint density at radius 1 is 0.544 bits per heavy atom. The van der Waals surface area contributed by atoms with E-state index in [1.807, 2.05) is 26.1 Å². The van der Waals surface area contributed by atoms with E-state index >= 15 is 0 Å². The highest BCUT2D eigenvalue weighted by atomic mass is 32.2. The van der Waals surface area contributed by atoms with Crippen molar-refractivity contribution in [3.8, 4) is 0 Å². The van der Waals surface area contributed by atoms with Crippen LogP contribution in [0.1, 0.15) is 88.3 Å². The van der Waals surface area contributed by atoms with Crippen LogP contribution in [0.5, 0.6) is 0 Å². The molecule has 6 aromatic rings. The maximum absolute atomic E-state index is 12.4. The van der Waals surface area contributed by atoms with Crippen molar-refractivity contribution in [1.82, 2.24) is 30.6 Å². The number of hydrogen-bond acceptors (Lipinski definition) is 15. The zero-order chi connectivity index (χ0) is 50.5. The number of nitrogens with zero attached hydrogens (tertiary/aromatic N) is 6. The number of benzene rings is 3. The van der Waals surface area contributed by atoms with E-state index in [4.69, 9.17) is 8.83 Å². The highest BCUT2D eigenvalue weighted by Gasteiger charge is 2.38. The molecule has 3 aromatic heterocycles. The van der Waals surface area contributed by atoms with Gasteiger partial charge in [0.25, 0.3) is 17.7 Å². The molecule has 0 radical (unpaired) electrons. The highest BCUT2D eigenvalue weighted by molar-refractivity contribution is 8.00. The second kappa shape index (κ2) is 23.6. The molecule has 3 amide bonds. The number of anilines is 3. The normalized spacial score (nSPS) is 11.8. The quantitative estimate of drug-likeness (QED) is 0.0727. The van der Waals surface area contributed by atoms with E-state index in [0.29, 0.717) is 18.2 Å². The monoisotopic (exact) mass is 1030 g/mol. The Kier molecular flexibility index (Phi) is 18.9. The van der Waals surface area contributed by atoms with Gasteiger partial charge in [0.15, 0.2) is 0 Å². The van der Waals surface area contributed by atoms with Gasteiger partial charge in [-0.3, -0.25) is 30.3 Å². The average Bonchev–Trinajstić information content (AvgIpc) is 4.01. The molecule has 3 heterocycles. The number of aryl methyl sites for hydroxylation is 1. The van der Waals surface area contributed by atoms with Crippen LogP contribution in [0.25, 0.3) is 0 Å². The fourth-order valence-electron chi connectivity index (χ4n) is 4.65. The third kappa shape index (κ3) is 19.1. The van der Waals surface area contributed by atoms with Crippen LogP contribution in [-0.4, -0.2) is 64.8 Å². The molecule has 0 aliphatic heterocycles. The van der Waals surface area contributed by atoms with Crippen molar-refractivity contribution in [3.05, 3.63) is 107 Å². The molecule has 0 bridgehead atoms. The molecule has 366 valence electrons. The molecule has 3 aromatic carbocycles. The molecular formula is C38H31F12N9O6S3. The van der Waals surface area contributed by atoms with Gasteiger partial charge in [0.1, 0.15) is 0 Å². The van der Waals surface area contributed by atoms with E-state index < -0.39 is 64.1 Å². The molecule has 0 saturated carbocycles. The van der Waals surface area contributed by atoms with Crippen molar-refractivity contribution in [1.29, 1.82) is 0 Å². The SMILES string of the molecule is CC(C)c1nnc(NC(=O)c2cccc(SC(F)(F)F)c2)o1.CCCCc1nnc(NC(=O)c2cccc(SC(F)(F)F)c2)o1.O=C(Nc1nnc(C(F)(F)F)o1)c1cccc(SC(F)(F)F)c1. The Morgan fingerprint density at radius 3 is 1.28 bits per heavy atom. The van der Waals surface area contributed by atoms with Crippen molar-refractivity contribution in [3.63, 3.8) is 0 Å². The Morgan fingerprint density at radius 2 is 0.926 bits per heavy atom. The molecule has 0 aliphatic rings. The molecule has 0 atom stereocenters. The first-order valence-corrected chi connectivity index (χ1v) is 21.2. The lowest BCUT2D eigenvalue weighted by molar-refractivity contribution is -0.156. The Bertz CT molecular complexity index is 2620. The van der Waals surface area contributed by atoms with Crippen LogP contribution in [0.4, 0.5) is 70.7 Å². The molecule has 6 rings (SSSR count). The molecule has 15 nitrogen and oxygen atoms in total. The van der Waals surface area contributed by atoms with Gasteiger partial charge < -0.3 is 13.3 Å². The molecule has 0 aliphatic carbocycles. The maximum Gasteiger partial charge on any atom is 0.470 e. The lowest BCUT2D eigenvalue weighted by Crippen LogP contribution is -2.12. The number of carbonyl (C=O) groups is 3. The first-order chi connectivity index (χ1) is 31.7. The number of nitrogens with one attached hydrogen (secondary N) is 3. The van der Waals surface area contributed by atoms with Crippen LogP contribution in [0.2, 0.25) is 0 Å². The number of carbonyl (C=O) groups excluding carboxylic acids is 3. The number of thioether (sulfide) groups is 3. The summed E-state index contributed by atoms with van der Waals surface area (Å²) in [6.45, 7) is 5.71. The molecule has 3 N–H and O–H groups in total. The van der Waals surface area contributed by atoms with Crippen molar-refractivity contribution in [2.45, 2.75) is 83.3 Å². The van der Waals surface area contributed by atoms with Gasteiger partial charge in [-0.1, -0.05) is 60.7 Å². The first-order valence-electron chi connectivity index (χ1n) is 18.7. The smallest absolute Gasteiger partial charge is 0.408 e. The maximum atomic E-state index is 12.4. The molecule has 0 spiro atoms. The van der Waals surface area contributed by atoms with Gasteiger partial charge in [0.2, 0.25) is 11.8 Å². The summed E-state index contributed by atoms with van der Waals surface area (Å²) < 4.78 is 162. The van der Waals surface area contributed by atoms with Crippen molar-refractivity contribution >= 4 is 71.1 Å². The van der Waals surface area contributed by atoms with Crippen molar-refractivity contribution in [2.75, 3.05) is 16.0 Å². The Hall–Kier alpha value is -6.30. The zero-order valence-corrected chi connectivity index (χ0v) is 37.0. The standard InChI is InChI=1S/C14H14F3N3O2S.C13H12F3N3O2S.C11H5F6N3O2S/c1-2-3-7-11-19-20-13(22-11)18-12(21)9-5-4-6-10(8-9)23-14(15,16)17;1-7(2)11-18-19-12(21-11)17-10(20)8-4-3-5-9(6-8)22-13(14,15)16;12-10(13,14)8-19-20-9(22-8)18-7(21)5-2-1-3-6(4-5)23-11(15,16)17/h4-6,8H,2-3,7H2,1H3,(H,18,20,21);3-7H,1-2H3,(H,17,19,20);1-4H,(H,18,20,21). The third-order valence-electron chi connectivity index (χ3n) is 7.46. The van der Waals surface area contributed by atoms with Crippen LogP contribution in [0.15, 0.2) is 101 Å². The minimum absolute atomic E-state index is 0.00432. The summed E-state index contributed by atoms with van der Waals surface area (Å²) in [5, 5.41) is 27.1. The second-order valence-corrected chi connectivity index (χ2v) is 16.6. The summed E-state index contributed by atoms with van der Waals surface area (Å²) in [6, 6.07) is 13.8. The fraction of sp³-hybridized carbons (Fsp3) is 0.289. The first kappa shape index (κ1) is 54.3. The average molecular weight is 1030 g/mol. The minimum atomic E-state index is -4.88. The van der Waals surface area contributed by atoms with Gasteiger partial charge in [0.05, 0.1) is 0 Å². The summed E-state index contributed by atoms with van der Waals surface area (Å²) in [4.78, 5) is 35.4. The van der Waals surface area contributed by atoms with E-state index in [1.165, 1.54) is 48.5 Å². The zero-order valence-electron chi connectivity index (χ0n) is 34.5. The summed E-state index contributed by atoms with van der Waals surface area (Å²) in [7, 11) is 0.